The summed E-state index contributed by atoms with van der Waals surface area (Å²) in [7, 11) is 0. The van der Waals surface area contributed by atoms with E-state index in [1.165, 1.54) is 6.92 Å². The summed E-state index contributed by atoms with van der Waals surface area (Å²) < 4.78 is 5.46. The second-order valence-electron chi connectivity index (χ2n) is 6.85. The Morgan fingerprint density at radius 3 is 2.33 bits per heavy atom. The molecule has 8 nitrogen and oxygen atoms in total. The number of Topliss-reactive ketones (excluding diaryl/α,β-unsaturated/α-hetero) is 1. The molecule has 1 amide bonds. The zero-order chi connectivity index (χ0) is 22.0. The molecule has 0 aliphatic carbocycles. The molecular weight excluding hydrogens is 386 g/mol. The Bertz CT molecular complexity index is 855. The molecule has 0 saturated heterocycles. The third-order valence-corrected chi connectivity index (χ3v) is 4.46. The molecule has 0 fully saturated rings. The lowest BCUT2D eigenvalue weighted by Crippen LogP contribution is -2.64. The molecule has 2 aromatic carbocycles. The van der Waals surface area contributed by atoms with Crippen molar-refractivity contribution in [3.8, 4) is 5.75 Å². The van der Waals surface area contributed by atoms with E-state index >= 15 is 0 Å². The van der Waals surface area contributed by atoms with Gasteiger partial charge in [0.2, 0.25) is 5.66 Å². The SMILES string of the molecule is CC(=O)C(N)(Nc1ccc(OCCCC(=O)O)cc1)C(=O)NCCc1ccccc1. The maximum atomic E-state index is 12.6. The number of carboxylic acid groups (broad SMARTS) is 1. The molecule has 0 saturated carbocycles. The van der Waals surface area contributed by atoms with Gasteiger partial charge < -0.3 is 20.5 Å². The molecule has 0 heterocycles. The second-order valence-corrected chi connectivity index (χ2v) is 6.85. The van der Waals surface area contributed by atoms with Crippen molar-refractivity contribution in [3.63, 3.8) is 0 Å². The van der Waals surface area contributed by atoms with E-state index in [1.54, 1.807) is 24.3 Å². The predicted octanol–water partition coefficient (Wildman–Crippen LogP) is 1.94. The molecule has 0 bridgehead atoms. The predicted molar refractivity (Wildman–Crippen MR) is 113 cm³/mol. The molecule has 0 spiro atoms. The molecule has 1 atom stereocenters. The van der Waals surface area contributed by atoms with Gasteiger partial charge in [0.15, 0.2) is 5.78 Å². The normalized spacial score (nSPS) is 12.5. The van der Waals surface area contributed by atoms with Gasteiger partial charge in [-0.05, 0) is 49.6 Å². The molecule has 0 aromatic heterocycles. The van der Waals surface area contributed by atoms with Crippen LogP contribution in [-0.4, -0.2) is 41.6 Å². The Kier molecular flexibility index (Phi) is 8.37. The minimum atomic E-state index is -1.90. The highest BCUT2D eigenvalue weighted by atomic mass is 16.5. The molecule has 8 heteroatoms. The van der Waals surface area contributed by atoms with Gasteiger partial charge in [0, 0.05) is 18.7 Å². The van der Waals surface area contributed by atoms with Gasteiger partial charge >= 0.3 is 5.97 Å². The van der Waals surface area contributed by atoms with Gasteiger partial charge in [-0.15, -0.1) is 0 Å². The number of aliphatic carboxylic acids is 1. The number of ether oxygens (including phenoxy) is 1. The highest BCUT2D eigenvalue weighted by molar-refractivity contribution is 6.11. The van der Waals surface area contributed by atoms with Gasteiger partial charge in [0.1, 0.15) is 5.75 Å². The monoisotopic (exact) mass is 413 g/mol. The van der Waals surface area contributed by atoms with Crippen LogP contribution in [0.25, 0.3) is 0 Å². The van der Waals surface area contributed by atoms with Crippen LogP contribution in [0, 0.1) is 0 Å². The number of carbonyl (C=O) groups excluding carboxylic acids is 2. The molecular formula is C22H27N3O5. The van der Waals surface area contributed by atoms with Crippen LogP contribution in [-0.2, 0) is 20.8 Å². The summed E-state index contributed by atoms with van der Waals surface area (Å²) in [5, 5.41) is 14.1. The van der Waals surface area contributed by atoms with Crippen molar-refractivity contribution in [3.05, 3.63) is 60.2 Å². The van der Waals surface area contributed by atoms with Gasteiger partial charge in [-0.3, -0.25) is 20.1 Å². The molecule has 160 valence electrons. The third kappa shape index (κ3) is 6.89. The second kappa shape index (κ2) is 11.0. The first-order valence-corrected chi connectivity index (χ1v) is 9.66. The van der Waals surface area contributed by atoms with Crippen LogP contribution in [0.3, 0.4) is 0 Å². The maximum absolute atomic E-state index is 12.6. The molecule has 1 unspecified atom stereocenters. The van der Waals surface area contributed by atoms with Crippen molar-refractivity contribution in [1.29, 1.82) is 0 Å². The van der Waals surface area contributed by atoms with Crippen LogP contribution in [0.4, 0.5) is 5.69 Å². The zero-order valence-corrected chi connectivity index (χ0v) is 16.9. The average Bonchev–Trinajstić information content (AvgIpc) is 2.72. The van der Waals surface area contributed by atoms with Gasteiger partial charge in [0.25, 0.3) is 5.91 Å². The summed E-state index contributed by atoms with van der Waals surface area (Å²) in [5.74, 6) is -1.46. The van der Waals surface area contributed by atoms with Crippen LogP contribution in [0.5, 0.6) is 5.75 Å². The molecule has 2 rings (SSSR count). The van der Waals surface area contributed by atoms with Gasteiger partial charge in [-0.25, -0.2) is 0 Å². The minimum Gasteiger partial charge on any atom is -0.494 e. The molecule has 5 N–H and O–H groups in total. The summed E-state index contributed by atoms with van der Waals surface area (Å²) in [4.78, 5) is 35.2. The Morgan fingerprint density at radius 2 is 1.73 bits per heavy atom. The number of nitrogens with two attached hydrogens (primary N) is 1. The zero-order valence-electron chi connectivity index (χ0n) is 16.9. The van der Waals surface area contributed by atoms with E-state index in [0.717, 1.165) is 5.56 Å². The number of nitrogens with one attached hydrogen (secondary N) is 2. The van der Waals surface area contributed by atoms with Crippen molar-refractivity contribution in [1.82, 2.24) is 5.32 Å². The van der Waals surface area contributed by atoms with Crippen LogP contribution in [0.1, 0.15) is 25.3 Å². The quantitative estimate of drug-likeness (QED) is 0.238. The highest BCUT2D eigenvalue weighted by Gasteiger charge is 2.39. The fourth-order valence-electron chi connectivity index (χ4n) is 2.68. The summed E-state index contributed by atoms with van der Waals surface area (Å²) in [6.45, 7) is 1.88. The standard InChI is InChI=1S/C22H27N3O5/c1-16(26)22(23,21(29)24-14-13-17-6-3-2-4-7-17)25-18-9-11-19(12-10-18)30-15-5-8-20(27)28/h2-4,6-7,9-12,25H,5,8,13-15,23H2,1H3,(H,24,29)(H,27,28). The first-order valence-electron chi connectivity index (χ1n) is 9.66. The molecule has 0 aliphatic rings. The van der Waals surface area contributed by atoms with Crippen molar-refractivity contribution in [2.24, 2.45) is 5.73 Å². The lowest BCUT2D eigenvalue weighted by molar-refractivity contribution is -0.137. The van der Waals surface area contributed by atoms with E-state index in [1.807, 2.05) is 30.3 Å². The van der Waals surface area contributed by atoms with E-state index in [-0.39, 0.29) is 13.0 Å². The fraction of sp³-hybridized carbons (Fsp3) is 0.318. The van der Waals surface area contributed by atoms with Crippen LogP contribution in [0.15, 0.2) is 54.6 Å². The van der Waals surface area contributed by atoms with E-state index in [0.29, 0.717) is 30.8 Å². The number of hydrogen-bond acceptors (Lipinski definition) is 6. The number of rotatable bonds is 12. The lowest BCUT2D eigenvalue weighted by atomic mass is 10.0. The number of ketones is 1. The average molecular weight is 413 g/mol. The maximum Gasteiger partial charge on any atom is 0.303 e. The summed E-state index contributed by atoms with van der Waals surface area (Å²) in [5.41, 5.74) is 5.74. The van der Waals surface area contributed by atoms with Crippen molar-refractivity contribution >= 4 is 23.3 Å². The molecule has 0 radical (unpaired) electrons. The minimum absolute atomic E-state index is 0.0350. The van der Waals surface area contributed by atoms with E-state index < -0.39 is 23.3 Å². The third-order valence-electron chi connectivity index (χ3n) is 4.46. The molecule has 30 heavy (non-hydrogen) atoms. The van der Waals surface area contributed by atoms with Crippen molar-refractivity contribution in [2.75, 3.05) is 18.5 Å². The Labute approximate surface area is 175 Å². The molecule has 0 aliphatic heterocycles. The number of benzene rings is 2. The van der Waals surface area contributed by atoms with Crippen LogP contribution < -0.4 is 21.1 Å². The van der Waals surface area contributed by atoms with Gasteiger partial charge in [-0.1, -0.05) is 30.3 Å². The summed E-state index contributed by atoms with van der Waals surface area (Å²) in [6.07, 6.45) is 1.05. The van der Waals surface area contributed by atoms with E-state index in [4.69, 9.17) is 15.6 Å². The number of anilines is 1. The van der Waals surface area contributed by atoms with E-state index in [2.05, 4.69) is 10.6 Å². The van der Waals surface area contributed by atoms with Crippen LogP contribution in [0.2, 0.25) is 0 Å². The van der Waals surface area contributed by atoms with E-state index in [9.17, 15) is 14.4 Å². The summed E-state index contributed by atoms with van der Waals surface area (Å²) in [6, 6.07) is 16.2. The topological polar surface area (TPSA) is 131 Å². The Balaban J connectivity index is 1.91. The number of amides is 1. The van der Waals surface area contributed by atoms with Crippen molar-refractivity contribution < 1.29 is 24.2 Å². The number of carbonyl (C=O) groups is 3. The first-order chi connectivity index (χ1) is 14.3. The van der Waals surface area contributed by atoms with Crippen molar-refractivity contribution in [2.45, 2.75) is 31.8 Å². The Hall–Kier alpha value is -3.39. The van der Waals surface area contributed by atoms with Gasteiger partial charge in [-0.2, -0.15) is 0 Å². The largest absolute Gasteiger partial charge is 0.494 e. The summed E-state index contributed by atoms with van der Waals surface area (Å²) >= 11 is 0. The first kappa shape index (κ1) is 22.9. The smallest absolute Gasteiger partial charge is 0.303 e. The van der Waals surface area contributed by atoms with Crippen LogP contribution >= 0.6 is 0 Å². The number of carboxylic acids is 1. The Morgan fingerprint density at radius 1 is 1.07 bits per heavy atom. The lowest BCUT2D eigenvalue weighted by Gasteiger charge is -2.27. The fourth-order valence-corrected chi connectivity index (χ4v) is 2.68. The highest BCUT2D eigenvalue weighted by Crippen LogP contribution is 2.19. The van der Waals surface area contributed by atoms with Gasteiger partial charge in [0.05, 0.1) is 6.61 Å². The number of hydrogen-bond donors (Lipinski definition) is 4. The molecule has 2 aromatic rings.